The zero-order valence-electron chi connectivity index (χ0n) is 4.17. The molecule has 2 heteroatoms. The highest BCUT2D eigenvalue weighted by atomic mass is 15.1. The summed E-state index contributed by atoms with van der Waals surface area (Å²) in [5.41, 5.74) is 0. The maximum atomic E-state index is 3.81. The summed E-state index contributed by atoms with van der Waals surface area (Å²) in [6.45, 7) is 0.896. The van der Waals surface area contributed by atoms with E-state index in [-0.39, 0.29) is 0 Å². The highest BCUT2D eigenvalue weighted by Crippen LogP contribution is 1.96. The molecule has 0 saturated carbocycles. The molecule has 7 heavy (non-hydrogen) atoms. The summed E-state index contributed by atoms with van der Waals surface area (Å²) in [5, 5.41) is 7.52. The van der Waals surface area contributed by atoms with Crippen LogP contribution in [0.4, 0.5) is 0 Å². The van der Waals surface area contributed by atoms with Crippen LogP contribution in [0.1, 0.15) is 12.8 Å². The predicted octanol–water partition coefficient (Wildman–Crippen LogP) is 1.75. The van der Waals surface area contributed by atoms with Gasteiger partial charge in [-0.05, 0) is 12.8 Å². The molecule has 38 valence electrons. The molecule has 1 rings (SSSR count). The van der Waals surface area contributed by atoms with Crippen LogP contribution in [0.5, 0.6) is 0 Å². The largest absolute Gasteiger partial charge is 0.189 e. The first-order valence-corrected chi connectivity index (χ1v) is 2.52. The normalized spacial score (nSPS) is 19.4. The van der Waals surface area contributed by atoms with E-state index in [2.05, 4.69) is 10.2 Å². The zero-order chi connectivity index (χ0) is 4.95. The molecule has 0 amide bonds. The van der Waals surface area contributed by atoms with E-state index in [4.69, 9.17) is 0 Å². The van der Waals surface area contributed by atoms with E-state index in [9.17, 15) is 0 Å². The summed E-state index contributed by atoms with van der Waals surface area (Å²) in [5.74, 6) is 0. The summed E-state index contributed by atoms with van der Waals surface area (Å²) in [4.78, 5) is 0. The van der Waals surface area contributed by atoms with Crippen molar-refractivity contribution in [2.75, 3.05) is 6.54 Å². The average Bonchev–Trinajstić information content (AvgIpc) is 1.90. The van der Waals surface area contributed by atoms with Gasteiger partial charge in [-0.3, -0.25) is 0 Å². The first-order valence-electron chi connectivity index (χ1n) is 2.52. The van der Waals surface area contributed by atoms with Gasteiger partial charge in [-0.1, -0.05) is 6.08 Å². The van der Waals surface area contributed by atoms with E-state index in [1.54, 1.807) is 6.20 Å². The predicted molar refractivity (Wildman–Crippen MR) is 28.1 cm³/mol. The van der Waals surface area contributed by atoms with Crippen LogP contribution in [0.3, 0.4) is 0 Å². The van der Waals surface area contributed by atoms with Gasteiger partial charge in [-0.2, -0.15) is 10.2 Å². The fourth-order valence-corrected chi connectivity index (χ4v) is 0.506. The van der Waals surface area contributed by atoms with Crippen molar-refractivity contribution in [1.29, 1.82) is 0 Å². The lowest BCUT2D eigenvalue weighted by Crippen LogP contribution is -1.72. The molecule has 0 spiro atoms. The van der Waals surface area contributed by atoms with Gasteiger partial charge in [-0.25, -0.2) is 0 Å². The van der Waals surface area contributed by atoms with Crippen molar-refractivity contribution in [1.82, 2.24) is 0 Å². The third-order valence-corrected chi connectivity index (χ3v) is 0.883. The van der Waals surface area contributed by atoms with Crippen molar-refractivity contribution in [3.63, 3.8) is 0 Å². The standard InChI is InChI=1S/C5H8N2/c1-2-4-6-7-5-3-1/h2,4H,1,3,5H2. The molecule has 0 saturated heterocycles. The van der Waals surface area contributed by atoms with E-state index in [0.29, 0.717) is 0 Å². The molecular formula is C5H8N2. The van der Waals surface area contributed by atoms with Crippen molar-refractivity contribution >= 4 is 0 Å². The van der Waals surface area contributed by atoms with Crippen molar-refractivity contribution < 1.29 is 0 Å². The molecule has 0 aromatic heterocycles. The number of nitrogens with zero attached hydrogens (tertiary/aromatic N) is 2. The molecule has 0 aliphatic carbocycles. The van der Waals surface area contributed by atoms with E-state index < -0.39 is 0 Å². The van der Waals surface area contributed by atoms with Gasteiger partial charge < -0.3 is 0 Å². The van der Waals surface area contributed by atoms with Crippen LogP contribution in [0.15, 0.2) is 22.5 Å². The van der Waals surface area contributed by atoms with E-state index >= 15 is 0 Å². The summed E-state index contributed by atoms with van der Waals surface area (Å²) >= 11 is 0. The highest BCUT2D eigenvalue weighted by molar-refractivity contribution is 4.80. The second kappa shape index (κ2) is 2.50. The van der Waals surface area contributed by atoms with E-state index in [1.165, 1.54) is 0 Å². The summed E-state index contributed by atoms with van der Waals surface area (Å²) in [6, 6.07) is 0. The Balaban J connectivity index is 2.39. The Labute approximate surface area is 43.0 Å². The van der Waals surface area contributed by atoms with Crippen molar-refractivity contribution in [2.24, 2.45) is 10.2 Å². The van der Waals surface area contributed by atoms with Crippen LogP contribution in [0, 0.1) is 0 Å². The third kappa shape index (κ3) is 1.48. The van der Waals surface area contributed by atoms with Crippen LogP contribution >= 0.6 is 0 Å². The average molecular weight is 96.1 g/mol. The monoisotopic (exact) mass is 96.1 g/mol. The van der Waals surface area contributed by atoms with Crippen LogP contribution in [-0.2, 0) is 0 Å². The summed E-state index contributed by atoms with van der Waals surface area (Å²) in [6.07, 6.45) is 6.08. The summed E-state index contributed by atoms with van der Waals surface area (Å²) < 4.78 is 0. The molecule has 0 atom stereocenters. The van der Waals surface area contributed by atoms with E-state index in [0.717, 1.165) is 19.4 Å². The quantitative estimate of drug-likeness (QED) is 0.439. The molecule has 1 heterocycles. The Morgan fingerprint density at radius 2 is 2.43 bits per heavy atom. The zero-order valence-corrected chi connectivity index (χ0v) is 4.17. The van der Waals surface area contributed by atoms with Gasteiger partial charge in [-0.15, -0.1) is 0 Å². The Hall–Kier alpha value is -0.660. The SMILES string of the molecule is C1=CN=NCCC1. The molecule has 0 aromatic carbocycles. The number of rotatable bonds is 0. The summed E-state index contributed by atoms with van der Waals surface area (Å²) in [7, 11) is 0. The molecule has 0 unspecified atom stereocenters. The molecular weight excluding hydrogens is 88.1 g/mol. The number of hydrogen-bond donors (Lipinski definition) is 0. The molecule has 0 radical (unpaired) electrons. The molecule has 2 nitrogen and oxygen atoms in total. The van der Waals surface area contributed by atoms with Gasteiger partial charge in [0.05, 0.1) is 6.54 Å². The van der Waals surface area contributed by atoms with Gasteiger partial charge in [0.15, 0.2) is 0 Å². The van der Waals surface area contributed by atoms with Gasteiger partial charge in [0.1, 0.15) is 0 Å². The minimum Gasteiger partial charge on any atom is -0.189 e. The first kappa shape index (κ1) is 4.50. The lowest BCUT2D eigenvalue weighted by atomic mass is 10.3. The van der Waals surface area contributed by atoms with Crippen LogP contribution in [-0.4, -0.2) is 6.54 Å². The minimum atomic E-state index is 0.896. The van der Waals surface area contributed by atoms with Crippen molar-refractivity contribution in [3.05, 3.63) is 12.3 Å². The number of allylic oxidation sites excluding steroid dienone is 1. The Kier molecular flexibility index (Phi) is 1.61. The minimum absolute atomic E-state index is 0.896. The lowest BCUT2D eigenvalue weighted by molar-refractivity contribution is 0.839. The maximum absolute atomic E-state index is 3.81. The van der Waals surface area contributed by atoms with Crippen LogP contribution in [0.25, 0.3) is 0 Å². The van der Waals surface area contributed by atoms with E-state index in [1.807, 2.05) is 6.08 Å². The Morgan fingerprint density at radius 3 is 3.43 bits per heavy atom. The third-order valence-electron chi connectivity index (χ3n) is 0.883. The number of azo groups is 1. The van der Waals surface area contributed by atoms with Crippen LogP contribution in [0.2, 0.25) is 0 Å². The molecule has 1 aliphatic heterocycles. The molecule has 0 bridgehead atoms. The first-order chi connectivity index (χ1) is 3.50. The smallest absolute Gasteiger partial charge is 0.0606 e. The second-order valence-electron chi connectivity index (χ2n) is 1.51. The maximum Gasteiger partial charge on any atom is 0.0606 e. The molecule has 0 fully saturated rings. The highest BCUT2D eigenvalue weighted by Gasteiger charge is 1.83. The van der Waals surface area contributed by atoms with Crippen molar-refractivity contribution in [2.45, 2.75) is 12.8 Å². The van der Waals surface area contributed by atoms with Crippen molar-refractivity contribution in [3.8, 4) is 0 Å². The lowest BCUT2D eigenvalue weighted by Gasteiger charge is -1.79. The fraction of sp³-hybridized carbons (Fsp3) is 0.600. The topological polar surface area (TPSA) is 24.7 Å². The van der Waals surface area contributed by atoms with Gasteiger partial charge >= 0.3 is 0 Å². The molecule has 0 aromatic rings. The van der Waals surface area contributed by atoms with Gasteiger partial charge in [0.25, 0.3) is 0 Å². The Bertz CT molecular complexity index is 82.3. The molecule has 0 N–H and O–H groups in total. The van der Waals surface area contributed by atoms with Gasteiger partial charge in [0, 0.05) is 6.20 Å². The van der Waals surface area contributed by atoms with Crippen LogP contribution < -0.4 is 0 Å². The molecule has 1 aliphatic rings. The number of hydrogen-bond acceptors (Lipinski definition) is 2. The Morgan fingerprint density at radius 1 is 1.43 bits per heavy atom. The fourth-order valence-electron chi connectivity index (χ4n) is 0.506. The van der Waals surface area contributed by atoms with Gasteiger partial charge in [0.2, 0.25) is 0 Å². The second-order valence-corrected chi connectivity index (χ2v) is 1.51.